The minimum atomic E-state index is -4.60. The number of hydrogen-bond donors (Lipinski definition) is 0. The minimum absolute atomic E-state index is 0.0452. The molecule has 2 aromatic carbocycles. The van der Waals surface area contributed by atoms with Crippen LogP contribution in [0, 0.1) is 17.7 Å². The molecule has 2 aliphatic heterocycles. The van der Waals surface area contributed by atoms with Crippen molar-refractivity contribution in [3.63, 3.8) is 0 Å². The Morgan fingerprint density at radius 1 is 1.13 bits per heavy atom. The molecule has 1 aliphatic carbocycles. The summed E-state index contributed by atoms with van der Waals surface area (Å²) in [5, 5.41) is -0.519. The fraction of sp³-hybridized carbons (Fsp3) is 0.567. The number of rotatable bonds is 6. The average Bonchev–Trinajstić information content (AvgIpc) is 3.74. The van der Waals surface area contributed by atoms with Crippen LogP contribution in [0.5, 0.6) is 5.75 Å². The minimum Gasteiger partial charge on any atom is -0.487 e. The van der Waals surface area contributed by atoms with Crippen LogP contribution in [0.2, 0.25) is 5.02 Å². The van der Waals surface area contributed by atoms with E-state index in [1.807, 2.05) is 11.8 Å². The molecule has 212 valence electrons. The molecule has 5 rings (SSSR count). The van der Waals surface area contributed by atoms with Gasteiger partial charge < -0.3 is 9.47 Å². The van der Waals surface area contributed by atoms with Crippen LogP contribution in [0.15, 0.2) is 30.3 Å². The number of methoxy groups -OCH3 is 1. The van der Waals surface area contributed by atoms with Crippen LogP contribution in [-0.2, 0) is 22.1 Å². The number of alkyl halides is 3. The largest absolute Gasteiger partial charge is 0.487 e. The topological polar surface area (TPSA) is 38.8 Å². The number of piperidine rings is 1. The molecule has 0 bridgehead atoms. The summed E-state index contributed by atoms with van der Waals surface area (Å²) in [5.41, 5.74) is 0.860. The number of aryl methyl sites for hydroxylation is 1. The fourth-order valence-corrected chi connectivity index (χ4v) is 6.66. The van der Waals surface area contributed by atoms with Gasteiger partial charge in [-0.15, -0.1) is 0 Å². The molecule has 0 N–H and O–H groups in total. The van der Waals surface area contributed by atoms with Gasteiger partial charge in [0.05, 0.1) is 23.6 Å². The van der Waals surface area contributed by atoms with Crippen molar-refractivity contribution in [3.8, 4) is 5.75 Å². The van der Waals surface area contributed by atoms with Gasteiger partial charge >= 0.3 is 12.1 Å². The summed E-state index contributed by atoms with van der Waals surface area (Å²) in [6, 6.07) is 7.25. The Balaban J connectivity index is 1.31. The molecule has 0 aromatic heterocycles. The highest BCUT2D eigenvalue weighted by Crippen LogP contribution is 2.49. The van der Waals surface area contributed by atoms with E-state index in [1.54, 1.807) is 6.92 Å². The number of esters is 1. The predicted molar refractivity (Wildman–Crippen MR) is 140 cm³/mol. The van der Waals surface area contributed by atoms with Crippen LogP contribution >= 0.6 is 11.6 Å². The Morgan fingerprint density at radius 3 is 2.44 bits per heavy atom. The molecule has 3 unspecified atom stereocenters. The van der Waals surface area contributed by atoms with Crippen molar-refractivity contribution in [1.82, 2.24) is 4.90 Å². The van der Waals surface area contributed by atoms with Crippen LogP contribution in [0.4, 0.5) is 17.6 Å². The van der Waals surface area contributed by atoms with Gasteiger partial charge in [0, 0.05) is 24.7 Å². The summed E-state index contributed by atoms with van der Waals surface area (Å²) in [5.74, 6) is 0.137. The lowest BCUT2D eigenvalue weighted by Gasteiger charge is -2.46. The third kappa shape index (κ3) is 5.64. The van der Waals surface area contributed by atoms with E-state index in [2.05, 4.69) is 18.2 Å². The van der Waals surface area contributed by atoms with Crippen molar-refractivity contribution >= 4 is 17.6 Å². The summed E-state index contributed by atoms with van der Waals surface area (Å²) in [6.07, 6.45) is 0.658. The van der Waals surface area contributed by atoms with Gasteiger partial charge in [0.1, 0.15) is 17.2 Å². The van der Waals surface area contributed by atoms with Gasteiger partial charge in [-0.1, -0.05) is 30.7 Å². The number of fused-ring (bicyclic) bond motifs is 1. The van der Waals surface area contributed by atoms with Crippen LogP contribution in [-0.4, -0.2) is 36.7 Å². The maximum Gasteiger partial charge on any atom is 0.416 e. The molecule has 1 saturated heterocycles. The average molecular weight is 568 g/mol. The maximum atomic E-state index is 14.8. The summed E-state index contributed by atoms with van der Waals surface area (Å²) < 4.78 is 66.5. The van der Waals surface area contributed by atoms with E-state index >= 15 is 0 Å². The van der Waals surface area contributed by atoms with Crippen molar-refractivity contribution in [1.29, 1.82) is 0 Å². The third-order valence-corrected chi connectivity index (χ3v) is 9.26. The number of carbonyl (C=O) groups is 1. The van der Waals surface area contributed by atoms with Gasteiger partial charge in [0.15, 0.2) is 0 Å². The highest BCUT2D eigenvalue weighted by Gasteiger charge is 2.43. The van der Waals surface area contributed by atoms with Crippen molar-refractivity contribution in [2.24, 2.45) is 11.8 Å². The number of likely N-dealkylation sites (tertiary alicyclic amines) is 1. The van der Waals surface area contributed by atoms with Crippen molar-refractivity contribution in [2.45, 2.75) is 76.1 Å². The Morgan fingerprint density at radius 2 is 1.82 bits per heavy atom. The van der Waals surface area contributed by atoms with Gasteiger partial charge in [-0.2, -0.15) is 13.2 Å². The van der Waals surface area contributed by atoms with E-state index in [9.17, 15) is 22.4 Å². The number of halogens is 5. The monoisotopic (exact) mass is 567 g/mol. The van der Waals surface area contributed by atoms with E-state index in [4.69, 9.17) is 21.1 Å². The van der Waals surface area contributed by atoms with E-state index < -0.39 is 28.6 Å². The summed E-state index contributed by atoms with van der Waals surface area (Å²) >= 11 is 5.84. The van der Waals surface area contributed by atoms with Gasteiger partial charge in [0.25, 0.3) is 0 Å². The number of ether oxygens (including phenoxy) is 2. The fourth-order valence-electron chi connectivity index (χ4n) is 6.43. The lowest BCUT2D eigenvalue weighted by molar-refractivity contribution is -0.145. The number of nitrogens with zero attached hydrogens (tertiary/aromatic N) is 1. The Bertz CT molecular complexity index is 1240. The first-order chi connectivity index (χ1) is 18.4. The molecule has 1 saturated carbocycles. The first kappa shape index (κ1) is 28.2. The molecule has 39 heavy (non-hydrogen) atoms. The molecular formula is C30H34ClF4NO3. The van der Waals surface area contributed by atoms with Gasteiger partial charge in [-0.05, 0) is 86.6 Å². The van der Waals surface area contributed by atoms with Gasteiger partial charge in [-0.25, -0.2) is 4.39 Å². The number of benzene rings is 2. The lowest BCUT2D eigenvalue weighted by Crippen LogP contribution is -2.50. The number of hydrogen-bond acceptors (Lipinski definition) is 4. The molecule has 9 heteroatoms. The molecule has 0 amide bonds. The lowest BCUT2D eigenvalue weighted by atomic mass is 9.80. The molecule has 3 atom stereocenters. The smallest absolute Gasteiger partial charge is 0.416 e. The highest BCUT2D eigenvalue weighted by molar-refractivity contribution is 6.30. The molecule has 4 nitrogen and oxygen atoms in total. The zero-order valence-electron chi connectivity index (χ0n) is 22.4. The maximum absolute atomic E-state index is 14.8. The Labute approximate surface area is 231 Å². The SMILES string of the molecule is COC(=O)C(C)C(c1ccc2c(c1)OC1(CC2)CCN(C(C)c2cc(C(F)(F)F)cc(Cl)c2F)CC1)C1CC1. The molecule has 2 heterocycles. The molecule has 2 aromatic rings. The molecular weight excluding hydrogens is 534 g/mol. The first-order valence-corrected chi connectivity index (χ1v) is 14.0. The van der Waals surface area contributed by atoms with E-state index in [0.717, 1.165) is 48.6 Å². The molecule has 0 radical (unpaired) electrons. The quantitative estimate of drug-likeness (QED) is 0.265. The molecule has 3 aliphatic rings. The van der Waals surface area contributed by atoms with E-state index in [1.165, 1.54) is 7.11 Å². The Hall–Kier alpha value is -2.32. The van der Waals surface area contributed by atoms with Crippen molar-refractivity contribution in [2.75, 3.05) is 20.2 Å². The first-order valence-electron chi connectivity index (χ1n) is 13.6. The summed E-state index contributed by atoms with van der Waals surface area (Å²) in [4.78, 5) is 14.3. The van der Waals surface area contributed by atoms with Crippen LogP contribution in [0.3, 0.4) is 0 Å². The molecule has 2 fully saturated rings. The highest BCUT2D eigenvalue weighted by atomic mass is 35.5. The Kier molecular flexibility index (Phi) is 7.66. The zero-order valence-corrected chi connectivity index (χ0v) is 23.2. The van der Waals surface area contributed by atoms with Crippen molar-refractivity contribution < 1.29 is 31.8 Å². The molecule has 1 spiro atoms. The van der Waals surface area contributed by atoms with Gasteiger partial charge in [-0.3, -0.25) is 9.69 Å². The van der Waals surface area contributed by atoms with Crippen LogP contribution < -0.4 is 4.74 Å². The van der Waals surface area contributed by atoms with Crippen LogP contribution in [0.25, 0.3) is 0 Å². The second-order valence-corrected chi connectivity index (χ2v) is 11.8. The van der Waals surface area contributed by atoms with Crippen LogP contribution in [0.1, 0.15) is 80.2 Å². The third-order valence-electron chi connectivity index (χ3n) is 8.98. The number of carbonyl (C=O) groups excluding carboxylic acids is 1. The summed E-state index contributed by atoms with van der Waals surface area (Å²) in [7, 11) is 1.42. The van der Waals surface area contributed by atoms with Crippen molar-refractivity contribution in [3.05, 3.63) is 63.4 Å². The second kappa shape index (κ2) is 10.6. The predicted octanol–water partition coefficient (Wildman–Crippen LogP) is 7.72. The normalized spacial score (nSPS) is 21.5. The van der Waals surface area contributed by atoms with E-state index in [0.29, 0.717) is 37.9 Å². The summed E-state index contributed by atoms with van der Waals surface area (Å²) in [6.45, 7) is 4.77. The second-order valence-electron chi connectivity index (χ2n) is 11.4. The van der Waals surface area contributed by atoms with Gasteiger partial charge in [0.2, 0.25) is 0 Å². The van der Waals surface area contributed by atoms with E-state index in [-0.39, 0.29) is 29.0 Å². The standard InChI is InChI=1S/C30H34ClF4NO3/c1-17(28(37)38-3)26(20-5-6-20)21-7-4-19-8-9-29(39-25(19)14-21)10-12-36(13-11-29)18(2)23-15-22(30(33,34)35)16-24(31)27(23)32/h4,7,14-18,20,26H,5-6,8-13H2,1-3H3. The zero-order chi connectivity index (χ0) is 28.1.